The molecule has 6 atom stereocenters. The number of likely N-dealkylation sites (tertiary alicyclic amines) is 1. The molecule has 1 saturated heterocycles. The first kappa shape index (κ1) is 23.1. The summed E-state index contributed by atoms with van der Waals surface area (Å²) in [6.45, 7) is 5.73. The van der Waals surface area contributed by atoms with Gasteiger partial charge < -0.3 is 15.1 Å². The van der Waals surface area contributed by atoms with Gasteiger partial charge in [0.25, 0.3) is 0 Å². The van der Waals surface area contributed by atoms with Crippen molar-refractivity contribution in [2.45, 2.75) is 83.8 Å². The lowest BCUT2D eigenvalue weighted by atomic mass is 9.88. The predicted octanol–water partition coefficient (Wildman–Crippen LogP) is 4.08. The average Bonchev–Trinajstić information content (AvgIpc) is 3.44. The molecule has 4 nitrogen and oxygen atoms in total. The first-order valence-corrected chi connectivity index (χ1v) is 11.9. The minimum Gasteiger partial charge on any atom is -0.392 e. The van der Waals surface area contributed by atoms with Gasteiger partial charge in [0.15, 0.2) is 0 Å². The van der Waals surface area contributed by atoms with Gasteiger partial charge in [-0.2, -0.15) is 0 Å². The molecule has 0 aromatic heterocycles. The lowest BCUT2D eigenvalue weighted by molar-refractivity contribution is -0.130. The molecule has 0 aromatic carbocycles. The van der Waals surface area contributed by atoms with Gasteiger partial charge in [0, 0.05) is 31.8 Å². The Bertz CT molecular complexity index is 695. The lowest BCUT2D eigenvalue weighted by Gasteiger charge is -2.20. The number of allylic oxidation sites excluding steroid dienone is 2. The van der Waals surface area contributed by atoms with Crippen LogP contribution >= 0.6 is 0 Å². The third-order valence-electron chi connectivity index (χ3n) is 7.26. The Hall–Kier alpha value is -1.57. The van der Waals surface area contributed by atoms with Gasteiger partial charge in [0.05, 0.1) is 12.2 Å². The highest BCUT2D eigenvalue weighted by Crippen LogP contribution is 2.48. The largest absolute Gasteiger partial charge is 0.392 e. The number of fused-ring (bicyclic) bond motifs is 1. The third-order valence-corrected chi connectivity index (χ3v) is 7.26. The van der Waals surface area contributed by atoms with Crippen LogP contribution in [0.25, 0.3) is 0 Å². The van der Waals surface area contributed by atoms with Gasteiger partial charge in [-0.3, -0.25) is 4.79 Å². The van der Waals surface area contributed by atoms with E-state index in [4.69, 9.17) is 0 Å². The van der Waals surface area contributed by atoms with Crippen molar-refractivity contribution in [1.29, 1.82) is 0 Å². The van der Waals surface area contributed by atoms with Crippen molar-refractivity contribution in [3.63, 3.8) is 0 Å². The minimum absolute atomic E-state index is 0.101. The third kappa shape index (κ3) is 5.99. The quantitative estimate of drug-likeness (QED) is 0.340. The highest BCUT2D eigenvalue weighted by atomic mass is 16.3. The van der Waals surface area contributed by atoms with Crippen molar-refractivity contribution in [2.24, 2.45) is 23.7 Å². The summed E-state index contributed by atoms with van der Waals surface area (Å²) in [6.07, 6.45) is 14.2. The van der Waals surface area contributed by atoms with Gasteiger partial charge >= 0.3 is 0 Å². The predicted molar refractivity (Wildman–Crippen MR) is 120 cm³/mol. The maximum Gasteiger partial charge on any atom is 0.222 e. The second-order valence-electron chi connectivity index (χ2n) is 9.52. The molecule has 0 radical (unpaired) electrons. The van der Waals surface area contributed by atoms with Gasteiger partial charge in [0.1, 0.15) is 0 Å². The maximum absolute atomic E-state index is 12.2. The van der Waals surface area contributed by atoms with Crippen molar-refractivity contribution in [1.82, 2.24) is 4.90 Å². The van der Waals surface area contributed by atoms with Crippen LogP contribution in [0.15, 0.2) is 23.8 Å². The van der Waals surface area contributed by atoms with Gasteiger partial charge in [0.2, 0.25) is 5.91 Å². The molecule has 166 valence electrons. The van der Waals surface area contributed by atoms with Crippen molar-refractivity contribution in [3.8, 4) is 11.8 Å². The first-order chi connectivity index (χ1) is 14.5. The summed E-state index contributed by atoms with van der Waals surface area (Å²) >= 11 is 0. The fraction of sp³-hybridized carbons (Fsp3) is 0.731. The zero-order valence-electron chi connectivity index (χ0n) is 18.7. The summed E-state index contributed by atoms with van der Waals surface area (Å²) < 4.78 is 0. The van der Waals surface area contributed by atoms with Crippen molar-refractivity contribution < 1.29 is 15.0 Å². The van der Waals surface area contributed by atoms with Crippen molar-refractivity contribution in [3.05, 3.63) is 23.8 Å². The van der Waals surface area contributed by atoms with Gasteiger partial charge in [-0.05, 0) is 69.6 Å². The number of hydrogen-bond acceptors (Lipinski definition) is 3. The Morgan fingerprint density at radius 3 is 2.83 bits per heavy atom. The highest BCUT2D eigenvalue weighted by molar-refractivity contribution is 5.76. The molecule has 30 heavy (non-hydrogen) atoms. The van der Waals surface area contributed by atoms with Crippen LogP contribution in [0.3, 0.4) is 0 Å². The molecule has 1 saturated carbocycles. The molecule has 3 aliphatic rings. The number of carbonyl (C=O) groups is 1. The Morgan fingerprint density at radius 2 is 2.10 bits per heavy atom. The Labute approximate surface area is 182 Å². The summed E-state index contributed by atoms with van der Waals surface area (Å²) in [5.74, 6) is 7.37. The second-order valence-corrected chi connectivity index (χ2v) is 9.52. The summed E-state index contributed by atoms with van der Waals surface area (Å²) in [6, 6.07) is 0. The van der Waals surface area contributed by atoms with Crippen LogP contribution in [-0.4, -0.2) is 46.3 Å². The molecule has 1 amide bonds. The molecule has 2 aliphatic carbocycles. The number of hydrogen-bond donors (Lipinski definition) is 2. The molecule has 1 heterocycles. The lowest BCUT2D eigenvalue weighted by Crippen LogP contribution is -2.27. The number of nitrogens with zero attached hydrogens (tertiary/aromatic N) is 1. The SMILES string of the molecule is CC#CC[C@@H](C)[C@H](O)C=C[C@@H]1[C@H]2CC(CCCCC(=O)N3CCCC3)=C[C@H]2C[C@H]1O. The fourth-order valence-corrected chi connectivity index (χ4v) is 5.36. The molecule has 1 aliphatic heterocycles. The number of amides is 1. The van der Waals surface area contributed by atoms with Gasteiger partial charge in [-0.1, -0.05) is 30.7 Å². The number of rotatable bonds is 9. The number of unbranched alkanes of at least 4 members (excludes halogenated alkanes) is 1. The standard InChI is InChI=1S/C26H39NO3/c1-3-4-9-19(2)24(28)13-12-22-23-17-20(16-21(23)18-25(22)29)10-5-6-11-26(30)27-14-7-8-15-27/h12-13,16,19,21-25,28-29H,5-11,14-15,17-18H2,1-2H3/t19-,21+,22-,23+,24-,25-/m1/s1. The van der Waals surface area contributed by atoms with Crippen molar-refractivity contribution in [2.75, 3.05) is 13.1 Å². The molecule has 0 unspecified atom stereocenters. The van der Waals surface area contributed by atoms with E-state index in [-0.39, 0.29) is 17.9 Å². The molecular weight excluding hydrogens is 374 g/mol. The molecule has 2 fully saturated rings. The van der Waals surface area contributed by atoms with Crippen LogP contribution < -0.4 is 0 Å². The smallest absolute Gasteiger partial charge is 0.222 e. The van der Waals surface area contributed by atoms with Crippen LogP contribution in [0.1, 0.15) is 71.6 Å². The second kappa shape index (κ2) is 11.2. The summed E-state index contributed by atoms with van der Waals surface area (Å²) in [5, 5.41) is 20.9. The molecular formula is C26H39NO3. The molecule has 2 N–H and O–H groups in total. The summed E-state index contributed by atoms with van der Waals surface area (Å²) in [5.41, 5.74) is 1.50. The highest BCUT2D eigenvalue weighted by Gasteiger charge is 2.43. The first-order valence-electron chi connectivity index (χ1n) is 11.9. The number of aliphatic hydroxyl groups is 2. The zero-order valence-corrected chi connectivity index (χ0v) is 18.7. The van der Waals surface area contributed by atoms with E-state index < -0.39 is 6.10 Å². The normalized spacial score (nSPS) is 30.1. The Balaban J connectivity index is 1.42. The molecule has 0 aromatic rings. The monoisotopic (exact) mass is 413 g/mol. The van der Waals surface area contributed by atoms with Gasteiger partial charge in [-0.25, -0.2) is 0 Å². The van der Waals surface area contributed by atoms with E-state index in [0.717, 1.165) is 58.0 Å². The fourth-order valence-electron chi connectivity index (χ4n) is 5.36. The van der Waals surface area contributed by atoms with E-state index in [2.05, 4.69) is 24.0 Å². The molecule has 4 heteroatoms. The van der Waals surface area contributed by atoms with Crippen LogP contribution in [0.2, 0.25) is 0 Å². The van der Waals surface area contributed by atoms with Crippen LogP contribution in [0.5, 0.6) is 0 Å². The molecule has 3 rings (SSSR count). The maximum atomic E-state index is 12.2. The number of aliphatic hydroxyl groups excluding tert-OH is 2. The Kier molecular flexibility index (Phi) is 8.60. The van der Waals surface area contributed by atoms with E-state index in [9.17, 15) is 15.0 Å². The summed E-state index contributed by atoms with van der Waals surface area (Å²) in [7, 11) is 0. The van der Waals surface area contributed by atoms with Crippen LogP contribution in [0.4, 0.5) is 0 Å². The van der Waals surface area contributed by atoms with Crippen LogP contribution in [-0.2, 0) is 4.79 Å². The number of carbonyl (C=O) groups excluding carboxylic acids is 1. The van der Waals surface area contributed by atoms with E-state index in [1.54, 1.807) is 0 Å². The molecule has 0 spiro atoms. The zero-order chi connectivity index (χ0) is 21.5. The van der Waals surface area contributed by atoms with Crippen LogP contribution in [0, 0.1) is 35.5 Å². The van der Waals surface area contributed by atoms with E-state index in [1.807, 2.05) is 24.8 Å². The van der Waals surface area contributed by atoms with Crippen molar-refractivity contribution >= 4 is 5.91 Å². The van der Waals surface area contributed by atoms with Gasteiger partial charge in [-0.15, -0.1) is 11.8 Å². The Morgan fingerprint density at radius 1 is 1.33 bits per heavy atom. The van der Waals surface area contributed by atoms with E-state index in [0.29, 0.717) is 30.6 Å². The van der Waals surface area contributed by atoms with E-state index in [1.165, 1.54) is 5.57 Å². The minimum atomic E-state index is -0.515. The molecule has 0 bridgehead atoms. The topological polar surface area (TPSA) is 60.8 Å². The summed E-state index contributed by atoms with van der Waals surface area (Å²) in [4.78, 5) is 14.2. The average molecular weight is 414 g/mol. The van der Waals surface area contributed by atoms with E-state index >= 15 is 0 Å².